The molecule has 1 fully saturated rings. The molecular weight excluding hydrogens is 400 g/mol. The molecular formula is C22H26N4O3S. The van der Waals surface area contributed by atoms with E-state index in [4.69, 9.17) is 17.0 Å². The number of rotatable bonds is 5. The summed E-state index contributed by atoms with van der Waals surface area (Å²) in [7, 11) is 1.52. The number of thiocarbonyl (C=S) groups is 1. The Labute approximate surface area is 182 Å². The van der Waals surface area contributed by atoms with Gasteiger partial charge in [0.05, 0.1) is 12.7 Å². The Balaban J connectivity index is 1.54. The van der Waals surface area contributed by atoms with Gasteiger partial charge in [0.15, 0.2) is 5.11 Å². The molecule has 7 nitrogen and oxygen atoms in total. The van der Waals surface area contributed by atoms with Crippen molar-refractivity contribution in [3.63, 3.8) is 0 Å². The second-order valence-electron chi connectivity index (χ2n) is 6.88. The molecule has 0 bridgehead atoms. The maximum atomic E-state index is 12.4. The fourth-order valence-corrected chi connectivity index (χ4v) is 3.57. The highest BCUT2D eigenvalue weighted by molar-refractivity contribution is 7.80. The second kappa shape index (κ2) is 10.1. The zero-order valence-electron chi connectivity index (χ0n) is 17.2. The number of anilines is 2. The fourth-order valence-electron chi connectivity index (χ4n) is 3.36. The van der Waals surface area contributed by atoms with Crippen LogP contribution >= 0.6 is 12.2 Å². The minimum absolute atomic E-state index is 0.206. The molecule has 2 aromatic carbocycles. The first kappa shape index (κ1) is 21.6. The summed E-state index contributed by atoms with van der Waals surface area (Å²) in [6.07, 6.45) is 0.549. The maximum absolute atomic E-state index is 12.4. The minimum Gasteiger partial charge on any atom is -0.496 e. The van der Waals surface area contributed by atoms with E-state index in [1.807, 2.05) is 36.1 Å². The third-order valence-electron chi connectivity index (χ3n) is 5.00. The van der Waals surface area contributed by atoms with Gasteiger partial charge >= 0.3 is 0 Å². The molecule has 2 aromatic rings. The van der Waals surface area contributed by atoms with Gasteiger partial charge in [0.25, 0.3) is 5.91 Å². The highest BCUT2D eigenvalue weighted by Crippen LogP contribution is 2.20. The van der Waals surface area contributed by atoms with E-state index in [1.165, 1.54) is 7.11 Å². The summed E-state index contributed by atoms with van der Waals surface area (Å²) >= 11 is 5.27. The number of amides is 2. The monoisotopic (exact) mass is 426 g/mol. The van der Waals surface area contributed by atoms with Gasteiger partial charge in [-0.25, -0.2) is 0 Å². The van der Waals surface area contributed by atoms with Gasteiger partial charge in [-0.2, -0.15) is 0 Å². The Morgan fingerprint density at radius 3 is 2.33 bits per heavy atom. The Hall–Kier alpha value is -3.13. The van der Waals surface area contributed by atoms with Crippen LogP contribution in [0.5, 0.6) is 5.75 Å². The lowest BCUT2D eigenvalue weighted by Crippen LogP contribution is -2.48. The van der Waals surface area contributed by atoms with E-state index in [2.05, 4.69) is 15.5 Å². The number of ether oxygens (including phenoxy) is 1. The average Bonchev–Trinajstić information content (AvgIpc) is 2.79. The molecule has 8 heteroatoms. The number of piperazine rings is 1. The van der Waals surface area contributed by atoms with Crippen LogP contribution in [0.25, 0.3) is 0 Å². The molecule has 0 unspecified atom stereocenters. The van der Waals surface area contributed by atoms with E-state index in [-0.39, 0.29) is 16.9 Å². The van der Waals surface area contributed by atoms with Crippen LogP contribution in [0.15, 0.2) is 48.5 Å². The Bertz CT molecular complexity index is 909. The van der Waals surface area contributed by atoms with Crippen LogP contribution in [0.4, 0.5) is 11.4 Å². The molecule has 1 heterocycles. The van der Waals surface area contributed by atoms with Crippen LogP contribution in [0.3, 0.4) is 0 Å². The average molecular weight is 427 g/mol. The lowest BCUT2D eigenvalue weighted by atomic mass is 10.2. The Kier molecular flexibility index (Phi) is 7.24. The predicted octanol–water partition coefficient (Wildman–Crippen LogP) is 2.88. The molecule has 2 N–H and O–H groups in total. The summed E-state index contributed by atoms with van der Waals surface area (Å²) in [4.78, 5) is 28.4. The minimum atomic E-state index is -0.332. The quantitative estimate of drug-likeness (QED) is 0.717. The highest BCUT2D eigenvalue weighted by Gasteiger charge is 2.20. The summed E-state index contributed by atoms with van der Waals surface area (Å²) in [6.45, 7) is 5.00. The van der Waals surface area contributed by atoms with Crippen LogP contribution in [-0.2, 0) is 4.79 Å². The number of carbonyl (C=O) groups excluding carboxylic acids is 2. The van der Waals surface area contributed by atoms with Crippen LogP contribution in [-0.4, -0.2) is 55.1 Å². The third kappa shape index (κ3) is 5.27. The standard InChI is InChI=1S/C22H26N4O3S/c1-3-20(27)26-14-12-25(13-15-26)17-10-8-16(9-11-17)23-22(30)24-21(28)18-6-4-5-7-19(18)29-2/h4-11H,3,12-15H2,1-2H3,(H2,23,24,28,30). The van der Waals surface area contributed by atoms with Crippen LogP contribution in [0, 0.1) is 0 Å². The summed E-state index contributed by atoms with van der Waals surface area (Å²) in [5, 5.41) is 5.91. The third-order valence-corrected chi connectivity index (χ3v) is 5.21. The van der Waals surface area contributed by atoms with Gasteiger partial charge < -0.3 is 19.9 Å². The number of benzene rings is 2. The molecule has 3 rings (SSSR count). The number of nitrogens with one attached hydrogen (secondary N) is 2. The van der Waals surface area contributed by atoms with Gasteiger partial charge in [0.1, 0.15) is 5.75 Å². The summed E-state index contributed by atoms with van der Waals surface area (Å²) < 4.78 is 5.21. The molecule has 30 heavy (non-hydrogen) atoms. The lowest BCUT2D eigenvalue weighted by molar-refractivity contribution is -0.131. The first-order chi connectivity index (χ1) is 14.5. The van der Waals surface area contributed by atoms with E-state index in [9.17, 15) is 9.59 Å². The zero-order chi connectivity index (χ0) is 21.5. The van der Waals surface area contributed by atoms with Gasteiger partial charge in [0.2, 0.25) is 5.91 Å². The zero-order valence-corrected chi connectivity index (χ0v) is 18.0. The van der Waals surface area contributed by atoms with E-state index < -0.39 is 0 Å². The van der Waals surface area contributed by atoms with Crippen molar-refractivity contribution in [2.75, 3.05) is 43.5 Å². The van der Waals surface area contributed by atoms with Crippen molar-refractivity contribution >= 4 is 40.5 Å². The van der Waals surface area contributed by atoms with Crippen molar-refractivity contribution in [1.82, 2.24) is 10.2 Å². The van der Waals surface area contributed by atoms with Crippen molar-refractivity contribution in [1.29, 1.82) is 0 Å². The number of nitrogens with zero attached hydrogens (tertiary/aromatic N) is 2. The van der Waals surface area contributed by atoms with Crippen LogP contribution in [0.2, 0.25) is 0 Å². The smallest absolute Gasteiger partial charge is 0.261 e. The lowest BCUT2D eigenvalue weighted by Gasteiger charge is -2.36. The van der Waals surface area contributed by atoms with Crippen molar-refractivity contribution in [3.8, 4) is 5.75 Å². The van der Waals surface area contributed by atoms with E-state index in [1.54, 1.807) is 24.3 Å². The van der Waals surface area contributed by atoms with E-state index in [0.717, 1.165) is 37.6 Å². The Morgan fingerprint density at radius 1 is 1.03 bits per heavy atom. The topological polar surface area (TPSA) is 73.9 Å². The van der Waals surface area contributed by atoms with Crippen molar-refractivity contribution in [3.05, 3.63) is 54.1 Å². The molecule has 2 amide bonds. The number of para-hydroxylation sites is 1. The second-order valence-corrected chi connectivity index (χ2v) is 7.29. The van der Waals surface area contributed by atoms with E-state index >= 15 is 0 Å². The first-order valence-electron chi connectivity index (χ1n) is 9.90. The predicted molar refractivity (Wildman–Crippen MR) is 122 cm³/mol. The molecule has 158 valence electrons. The van der Waals surface area contributed by atoms with Crippen LogP contribution in [0.1, 0.15) is 23.7 Å². The van der Waals surface area contributed by atoms with Crippen molar-refractivity contribution < 1.29 is 14.3 Å². The number of methoxy groups -OCH3 is 1. The largest absolute Gasteiger partial charge is 0.496 e. The highest BCUT2D eigenvalue weighted by atomic mass is 32.1. The first-order valence-corrected chi connectivity index (χ1v) is 10.3. The summed E-state index contributed by atoms with van der Waals surface area (Å²) in [5.41, 5.74) is 2.29. The molecule has 1 aliphatic heterocycles. The molecule has 1 saturated heterocycles. The maximum Gasteiger partial charge on any atom is 0.261 e. The molecule has 0 atom stereocenters. The Morgan fingerprint density at radius 2 is 1.70 bits per heavy atom. The van der Waals surface area contributed by atoms with E-state index in [0.29, 0.717) is 17.7 Å². The fraction of sp³-hybridized carbons (Fsp3) is 0.318. The van der Waals surface area contributed by atoms with Crippen molar-refractivity contribution in [2.45, 2.75) is 13.3 Å². The van der Waals surface area contributed by atoms with Crippen LogP contribution < -0.4 is 20.3 Å². The number of hydrogen-bond donors (Lipinski definition) is 2. The van der Waals surface area contributed by atoms with Gasteiger partial charge in [-0.05, 0) is 48.6 Å². The molecule has 0 saturated carbocycles. The molecule has 0 radical (unpaired) electrons. The van der Waals surface area contributed by atoms with Crippen molar-refractivity contribution in [2.24, 2.45) is 0 Å². The SMILES string of the molecule is CCC(=O)N1CCN(c2ccc(NC(=S)NC(=O)c3ccccc3OC)cc2)CC1. The molecule has 0 aromatic heterocycles. The molecule has 0 spiro atoms. The summed E-state index contributed by atoms with van der Waals surface area (Å²) in [6, 6.07) is 14.8. The van der Waals surface area contributed by atoms with Gasteiger partial charge in [-0.1, -0.05) is 19.1 Å². The number of hydrogen-bond acceptors (Lipinski definition) is 5. The molecule has 1 aliphatic rings. The molecule has 0 aliphatic carbocycles. The van der Waals surface area contributed by atoms with Gasteiger partial charge in [-0.3, -0.25) is 14.9 Å². The number of carbonyl (C=O) groups is 2. The van der Waals surface area contributed by atoms with Gasteiger partial charge in [-0.15, -0.1) is 0 Å². The normalized spacial score (nSPS) is 13.5. The van der Waals surface area contributed by atoms with Gasteiger partial charge in [0, 0.05) is 44.0 Å². The summed E-state index contributed by atoms with van der Waals surface area (Å²) in [5.74, 6) is 0.363.